The van der Waals surface area contributed by atoms with Crippen LogP contribution < -0.4 is 5.32 Å². The van der Waals surface area contributed by atoms with Gasteiger partial charge in [-0.15, -0.1) is 22.7 Å². The Bertz CT molecular complexity index is 677. The number of carbonyl (C=O) groups is 2. The lowest BCUT2D eigenvalue weighted by molar-refractivity contribution is -0.125. The van der Waals surface area contributed by atoms with Crippen LogP contribution in [0.15, 0.2) is 17.5 Å². The van der Waals surface area contributed by atoms with Crippen molar-refractivity contribution in [2.45, 2.75) is 25.3 Å². The van der Waals surface area contributed by atoms with Gasteiger partial charge in [0.15, 0.2) is 0 Å². The molecule has 4 nitrogen and oxygen atoms in total. The number of amides is 2. The largest absolute Gasteiger partial charge is 0.353 e. The van der Waals surface area contributed by atoms with Gasteiger partial charge in [0.05, 0.1) is 4.88 Å². The number of piperidine rings is 2. The molecule has 0 saturated carbocycles. The smallest absolute Gasteiger partial charge is 0.264 e. The molecule has 2 aliphatic heterocycles. The number of hydrogen-bond acceptors (Lipinski definition) is 4. The molecular formula is C15H16N2O2S2. The molecule has 2 aromatic rings. The second kappa shape index (κ2) is 5.10. The van der Waals surface area contributed by atoms with Crippen LogP contribution in [-0.4, -0.2) is 35.8 Å². The third-order valence-corrected chi connectivity index (χ3v) is 6.54. The van der Waals surface area contributed by atoms with Crippen molar-refractivity contribution in [3.8, 4) is 0 Å². The van der Waals surface area contributed by atoms with Gasteiger partial charge in [0.25, 0.3) is 5.91 Å². The van der Waals surface area contributed by atoms with Crippen LogP contribution in [0.1, 0.15) is 28.9 Å². The van der Waals surface area contributed by atoms with E-state index in [1.165, 1.54) is 9.40 Å². The molecule has 0 bridgehead atoms. The summed E-state index contributed by atoms with van der Waals surface area (Å²) in [6.45, 7) is 1.52. The maximum atomic E-state index is 12.7. The Kier molecular flexibility index (Phi) is 3.23. The molecule has 1 N–H and O–H groups in total. The molecule has 0 spiro atoms. The van der Waals surface area contributed by atoms with E-state index >= 15 is 0 Å². The molecule has 4 heterocycles. The first-order chi connectivity index (χ1) is 10.2. The fraction of sp³-hybridized carbons (Fsp3) is 0.467. The zero-order valence-corrected chi connectivity index (χ0v) is 13.1. The van der Waals surface area contributed by atoms with Crippen molar-refractivity contribution in [2.75, 3.05) is 13.1 Å². The molecule has 0 radical (unpaired) electrons. The van der Waals surface area contributed by atoms with Crippen LogP contribution in [0.25, 0.3) is 9.40 Å². The summed E-state index contributed by atoms with van der Waals surface area (Å²) in [4.78, 5) is 26.9. The minimum absolute atomic E-state index is 0.152. The average molecular weight is 320 g/mol. The summed E-state index contributed by atoms with van der Waals surface area (Å²) < 4.78 is 2.39. The number of thiophene rings is 2. The third-order valence-electron chi connectivity index (χ3n) is 4.46. The van der Waals surface area contributed by atoms with E-state index in [-0.39, 0.29) is 17.9 Å². The van der Waals surface area contributed by atoms with E-state index in [1.54, 1.807) is 22.7 Å². The standard InChI is InChI=1S/C15H16N2O2S2/c18-14-2-1-9-8-17(5-3-10(9)16-14)15(19)13-7-12-11(21-13)4-6-20-12/h4,6-7,9-10H,1-3,5,8H2,(H,16,18). The van der Waals surface area contributed by atoms with Crippen LogP contribution in [0.3, 0.4) is 0 Å². The van der Waals surface area contributed by atoms with Crippen molar-refractivity contribution in [2.24, 2.45) is 5.92 Å². The highest BCUT2D eigenvalue weighted by Crippen LogP contribution is 2.32. The van der Waals surface area contributed by atoms with Crippen LogP contribution in [0.5, 0.6) is 0 Å². The summed E-state index contributed by atoms with van der Waals surface area (Å²) in [7, 11) is 0. The maximum Gasteiger partial charge on any atom is 0.264 e. The lowest BCUT2D eigenvalue weighted by atomic mass is 9.85. The normalized spacial score (nSPS) is 25.7. The van der Waals surface area contributed by atoms with Crippen LogP contribution in [0.4, 0.5) is 0 Å². The monoisotopic (exact) mass is 320 g/mol. The Morgan fingerprint density at radius 2 is 2.24 bits per heavy atom. The Hall–Kier alpha value is -1.40. The minimum Gasteiger partial charge on any atom is -0.353 e. The van der Waals surface area contributed by atoms with E-state index < -0.39 is 0 Å². The summed E-state index contributed by atoms with van der Waals surface area (Å²) in [5, 5.41) is 5.12. The summed E-state index contributed by atoms with van der Waals surface area (Å²) in [5.41, 5.74) is 0. The maximum absolute atomic E-state index is 12.7. The van der Waals surface area contributed by atoms with Gasteiger partial charge in [0, 0.05) is 35.0 Å². The van der Waals surface area contributed by atoms with Gasteiger partial charge in [0.2, 0.25) is 5.91 Å². The van der Waals surface area contributed by atoms with E-state index in [0.29, 0.717) is 12.3 Å². The molecule has 110 valence electrons. The van der Waals surface area contributed by atoms with Gasteiger partial charge in [0.1, 0.15) is 0 Å². The summed E-state index contributed by atoms with van der Waals surface area (Å²) in [6.07, 6.45) is 2.37. The minimum atomic E-state index is 0.152. The van der Waals surface area contributed by atoms with Gasteiger partial charge >= 0.3 is 0 Å². The second-order valence-electron chi connectivity index (χ2n) is 5.77. The van der Waals surface area contributed by atoms with Gasteiger partial charge in [-0.2, -0.15) is 0 Å². The van der Waals surface area contributed by atoms with E-state index in [1.807, 2.05) is 11.0 Å². The van der Waals surface area contributed by atoms with Crippen LogP contribution >= 0.6 is 22.7 Å². The number of hydrogen-bond donors (Lipinski definition) is 1. The van der Waals surface area contributed by atoms with Gasteiger partial charge in [-0.05, 0) is 36.3 Å². The number of likely N-dealkylation sites (tertiary alicyclic amines) is 1. The fourth-order valence-electron chi connectivity index (χ4n) is 3.32. The van der Waals surface area contributed by atoms with Crippen LogP contribution in [-0.2, 0) is 4.79 Å². The van der Waals surface area contributed by atoms with Crippen molar-refractivity contribution in [3.63, 3.8) is 0 Å². The Morgan fingerprint density at radius 3 is 3.10 bits per heavy atom. The predicted molar refractivity (Wildman–Crippen MR) is 84.9 cm³/mol. The van der Waals surface area contributed by atoms with E-state index in [0.717, 1.165) is 30.8 Å². The Labute approximate surface area is 130 Å². The fourth-order valence-corrected chi connectivity index (χ4v) is 5.40. The molecule has 21 heavy (non-hydrogen) atoms. The third kappa shape index (κ3) is 2.36. The summed E-state index contributed by atoms with van der Waals surface area (Å²) in [5.74, 6) is 0.731. The van der Waals surface area contributed by atoms with E-state index in [2.05, 4.69) is 16.8 Å². The van der Waals surface area contributed by atoms with Crippen molar-refractivity contribution in [1.82, 2.24) is 10.2 Å². The van der Waals surface area contributed by atoms with Gasteiger partial charge in [-0.3, -0.25) is 9.59 Å². The lowest BCUT2D eigenvalue weighted by Crippen LogP contribution is -2.55. The summed E-state index contributed by atoms with van der Waals surface area (Å²) >= 11 is 3.27. The number of carbonyl (C=O) groups excluding carboxylic acids is 2. The molecule has 2 aliphatic rings. The zero-order valence-electron chi connectivity index (χ0n) is 11.5. The topological polar surface area (TPSA) is 49.4 Å². The highest BCUT2D eigenvalue weighted by molar-refractivity contribution is 7.27. The molecule has 2 fully saturated rings. The van der Waals surface area contributed by atoms with E-state index in [9.17, 15) is 9.59 Å². The summed E-state index contributed by atoms with van der Waals surface area (Å²) in [6, 6.07) is 4.36. The molecule has 0 aliphatic carbocycles. The molecule has 2 amide bonds. The van der Waals surface area contributed by atoms with Gasteiger partial charge in [-0.1, -0.05) is 0 Å². The van der Waals surface area contributed by atoms with Crippen molar-refractivity contribution in [1.29, 1.82) is 0 Å². The number of nitrogens with one attached hydrogen (secondary N) is 1. The number of nitrogens with zero attached hydrogens (tertiary/aromatic N) is 1. The highest BCUT2D eigenvalue weighted by atomic mass is 32.1. The molecule has 6 heteroatoms. The molecule has 2 unspecified atom stereocenters. The molecule has 4 rings (SSSR count). The van der Waals surface area contributed by atoms with Gasteiger partial charge in [-0.25, -0.2) is 0 Å². The first kappa shape index (κ1) is 13.3. The number of fused-ring (bicyclic) bond motifs is 2. The zero-order chi connectivity index (χ0) is 14.4. The Morgan fingerprint density at radius 1 is 1.33 bits per heavy atom. The Balaban J connectivity index is 1.50. The van der Waals surface area contributed by atoms with Crippen LogP contribution in [0, 0.1) is 5.92 Å². The van der Waals surface area contributed by atoms with Crippen molar-refractivity contribution < 1.29 is 9.59 Å². The first-order valence-electron chi connectivity index (χ1n) is 7.26. The lowest BCUT2D eigenvalue weighted by Gasteiger charge is -2.41. The molecule has 2 aromatic heterocycles. The SMILES string of the molecule is O=C1CCC2CN(C(=O)c3cc4sccc4s3)CCC2N1. The van der Waals surface area contributed by atoms with Crippen molar-refractivity contribution in [3.05, 3.63) is 22.4 Å². The molecule has 0 aromatic carbocycles. The second-order valence-corrected chi connectivity index (χ2v) is 7.80. The van der Waals surface area contributed by atoms with Crippen LogP contribution in [0.2, 0.25) is 0 Å². The average Bonchev–Trinajstić information content (AvgIpc) is 3.07. The molecule has 2 saturated heterocycles. The molecular weight excluding hydrogens is 304 g/mol. The molecule has 2 atom stereocenters. The highest BCUT2D eigenvalue weighted by Gasteiger charge is 2.35. The number of rotatable bonds is 1. The predicted octanol–water partition coefficient (Wildman–Crippen LogP) is 2.70. The van der Waals surface area contributed by atoms with E-state index in [4.69, 9.17) is 0 Å². The van der Waals surface area contributed by atoms with Gasteiger partial charge < -0.3 is 10.2 Å². The first-order valence-corrected chi connectivity index (χ1v) is 8.96. The van der Waals surface area contributed by atoms with Crippen molar-refractivity contribution >= 4 is 43.9 Å². The quantitative estimate of drug-likeness (QED) is 0.878.